The maximum atomic E-state index is 12.5. The van der Waals surface area contributed by atoms with Crippen molar-refractivity contribution in [2.24, 2.45) is 0 Å². The van der Waals surface area contributed by atoms with Crippen molar-refractivity contribution < 1.29 is 14.8 Å². The van der Waals surface area contributed by atoms with Gasteiger partial charge in [-0.15, -0.1) is 11.3 Å². The van der Waals surface area contributed by atoms with Crippen LogP contribution in [0.25, 0.3) is 20.8 Å². The van der Waals surface area contributed by atoms with Crippen molar-refractivity contribution in [1.82, 2.24) is 10.3 Å². The number of carbonyl (C=O) groups excluding carboxylic acids is 1. The first kappa shape index (κ1) is 21.3. The number of anilines is 1. The molecule has 0 radical (unpaired) electrons. The van der Waals surface area contributed by atoms with E-state index >= 15 is 0 Å². The van der Waals surface area contributed by atoms with Crippen molar-refractivity contribution in [2.45, 2.75) is 6.92 Å². The Morgan fingerprint density at radius 3 is 2.62 bits per heavy atom. The molecule has 0 aliphatic carbocycles. The second-order valence-electron chi connectivity index (χ2n) is 6.86. The van der Waals surface area contributed by atoms with Gasteiger partial charge in [0.15, 0.2) is 5.11 Å². The molecule has 1 aromatic heterocycles. The monoisotopic (exact) mass is 464 g/mol. The summed E-state index contributed by atoms with van der Waals surface area (Å²) in [5, 5.41) is 27.7. The fourth-order valence-electron chi connectivity index (χ4n) is 3.16. The van der Waals surface area contributed by atoms with Crippen LogP contribution in [0.4, 0.5) is 11.4 Å². The Labute approximate surface area is 191 Å². The number of carbonyl (C=O) groups is 1. The molecule has 0 saturated carbocycles. The normalized spacial score (nSPS) is 10.7. The minimum absolute atomic E-state index is 0.0338. The van der Waals surface area contributed by atoms with Crippen molar-refractivity contribution in [3.63, 3.8) is 0 Å². The first-order chi connectivity index (χ1) is 15.3. The molecule has 0 aliphatic rings. The lowest BCUT2D eigenvalue weighted by Crippen LogP contribution is -2.34. The van der Waals surface area contributed by atoms with Gasteiger partial charge >= 0.3 is 0 Å². The molecule has 0 spiro atoms. The number of thiocarbonyl (C=S) groups is 1. The zero-order valence-corrected chi connectivity index (χ0v) is 18.3. The third-order valence-electron chi connectivity index (χ3n) is 4.66. The summed E-state index contributed by atoms with van der Waals surface area (Å²) < 4.78 is 0.991. The number of nitro benzene ring substituents is 1. The van der Waals surface area contributed by atoms with E-state index in [2.05, 4.69) is 15.6 Å². The molecular formula is C22H16N4O4S2. The van der Waals surface area contributed by atoms with Crippen molar-refractivity contribution in [3.8, 4) is 16.3 Å². The molecule has 1 amide bonds. The summed E-state index contributed by atoms with van der Waals surface area (Å²) in [4.78, 5) is 27.6. The van der Waals surface area contributed by atoms with Gasteiger partial charge in [-0.1, -0.05) is 24.3 Å². The number of rotatable bonds is 4. The zero-order chi connectivity index (χ0) is 22.8. The van der Waals surface area contributed by atoms with Crippen LogP contribution in [0.5, 0.6) is 5.75 Å². The summed E-state index contributed by atoms with van der Waals surface area (Å²) in [5.41, 5.74) is 2.07. The Bertz CT molecular complexity index is 1350. The number of hydrogen-bond acceptors (Lipinski definition) is 7. The minimum Gasteiger partial charge on any atom is -0.507 e. The maximum absolute atomic E-state index is 12.5. The number of phenols is 1. The predicted molar refractivity (Wildman–Crippen MR) is 128 cm³/mol. The van der Waals surface area contributed by atoms with E-state index in [4.69, 9.17) is 12.2 Å². The molecule has 160 valence electrons. The Morgan fingerprint density at radius 2 is 1.88 bits per heavy atom. The quantitative estimate of drug-likeness (QED) is 0.168. The van der Waals surface area contributed by atoms with E-state index in [0.29, 0.717) is 21.8 Å². The number of aryl methyl sites for hydroxylation is 1. The van der Waals surface area contributed by atoms with Gasteiger partial charge in [-0.3, -0.25) is 20.2 Å². The molecule has 0 unspecified atom stereocenters. The standard InChI is InChI=1S/C22H16N4O4S2/c1-12-10-13(11-15(19(12)27)21-24-16-7-3-5-9-18(16)32-21)23-22(31)25-20(28)14-6-2-4-8-17(14)26(29)30/h2-11,27H,1H3,(H2,23,25,28,31). The number of nitrogens with zero attached hydrogens (tertiary/aromatic N) is 2. The molecule has 8 nitrogen and oxygen atoms in total. The van der Waals surface area contributed by atoms with E-state index in [1.807, 2.05) is 24.3 Å². The van der Waals surface area contributed by atoms with Gasteiger partial charge < -0.3 is 10.4 Å². The van der Waals surface area contributed by atoms with Gasteiger partial charge in [-0.05, 0) is 55.0 Å². The molecule has 3 N–H and O–H groups in total. The van der Waals surface area contributed by atoms with E-state index in [0.717, 1.165) is 10.2 Å². The molecule has 32 heavy (non-hydrogen) atoms. The molecule has 10 heteroatoms. The van der Waals surface area contributed by atoms with Crippen LogP contribution in [0.15, 0.2) is 60.7 Å². The Morgan fingerprint density at radius 1 is 1.16 bits per heavy atom. The van der Waals surface area contributed by atoms with Crippen LogP contribution in [-0.2, 0) is 0 Å². The highest BCUT2D eigenvalue weighted by Crippen LogP contribution is 2.38. The number of nitro groups is 1. The van der Waals surface area contributed by atoms with Crippen LogP contribution in [-0.4, -0.2) is 26.0 Å². The van der Waals surface area contributed by atoms with Gasteiger partial charge in [0.2, 0.25) is 0 Å². The van der Waals surface area contributed by atoms with Crippen molar-refractivity contribution in [1.29, 1.82) is 0 Å². The predicted octanol–water partition coefficient (Wildman–Crippen LogP) is 5.01. The SMILES string of the molecule is Cc1cc(NC(=S)NC(=O)c2ccccc2[N+](=O)[O-])cc(-c2nc3ccccc3s2)c1O. The average Bonchev–Trinajstić information content (AvgIpc) is 3.20. The van der Waals surface area contributed by atoms with Gasteiger partial charge in [0.05, 0.1) is 20.7 Å². The van der Waals surface area contributed by atoms with Gasteiger partial charge in [0, 0.05) is 11.8 Å². The van der Waals surface area contributed by atoms with Crippen LogP contribution >= 0.6 is 23.6 Å². The fraction of sp³-hybridized carbons (Fsp3) is 0.0455. The summed E-state index contributed by atoms with van der Waals surface area (Å²) in [7, 11) is 0. The van der Waals surface area contributed by atoms with Gasteiger partial charge in [0.25, 0.3) is 11.6 Å². The third kappa shape index (κ3) is 4.27. The van der Waals surface area contributed by atoms with E-state index in [-0.39, 0.29) is 22.1 Å². The summed E-state index contributed by atoms with van der Waals surface area (Å²) in [6.07, 6.45) is 0. The molecule has 0 saturated heterocycles. The fourth-order valence-corrected chi connectivity index (χ4v) is 4.35. The van der Waals surface area contributed by atoms with Gasteiger partial charge in [0.1, 0.15) is 16.3 Å². The third-order valence-corrected chi connectivity index (χ3v) is 5.93. The number of phenolic OH excluding ortho intramolecular Hbond substituents is 1. The number of thiazole rings is 1. The Hall–Kier alpha value is -3.89. The maximum Gasteiger partial charge on any atom is 0.282 e. The number of aromatic nitrogens is 1. The second-order valence-corrected chi connectivity index (χ2v) is 8.30. The first-order valence-corrected chi connectivity index (χ1v) is 10.6. The number of amides is 1. The summed E-state index contributed by atoms with van der Waals surface area (Å²) >= 11 is 6.67. The second kappa shape index (κ2) is 8.69. The summed E-state index contributed by atoms with van der Waals surface area (Å²) in [5.74, 6) is -0.596. The van der Waals surface area contributed by atoms with E-state index in [1.54, 1.807) is 19.1 Å². The van der Waals surface area contributed by atoms with E-state index < -0.39 is 10.8 Å². The molecular weight excluding hydrogens is 448 g/mol. The Balaban J connectivity index is 1.58. The number of nitrogens with one attached hydrogen (secondary N) is 2. The van der Waals surface area contributed by atoms with Crippen LogP contribution in [0.1, 0.15) is 15.9 Å². The molecule has 0 atom stereocenters. The summed E-state index contributed by atoms with van der Waals surface area (Å²) in [6.45, 7) is 1.74. The van der Waals surface area contributed by atoms with Crippen LogP contribution in [0.3, 0.4) is 0 Å². The highest BCUT2D eigenvalue weighted by Gasteiger charge is 2.20. The topological polar surface area (TPSA) is 117 Å². The number of para-hydroxylation sites is 2. The Kier molecular flexibility index (Phi) is 5.80. The molecule has 4 rings (SSSR count). The lowest BCUT2D eigenvalue weighted by molar-refractivity contribution is -0.385. The number of hydrogen-bond donors (Lipinski definition) is 3. The molecule has 0 fully saturated rings. The molecule has 3 aromatic carbocycles. The van der Waals surface area contributed by atoms with E-state index in [9.17, 15) is 20.0 Å². The average molecular weight is 465 g/mol. The molecule has 0 aliphatic heterocycles. The lowest BCUT2D eigenvalue weighted by atomic mass is 10.1. The minimum atomic E-state index is -0.698. The van der Waals surface area contributed by atoms with Crippen LogP contribution < -0.4 is 10.6 Å². The number of benzene rings is 3. The van der Waals surface area contributed by atoms with Gasteiger partial charge in [-0.25, -0.2) is 4.98 Å². The first-order valence-electron chi connectivity index (χ1n) is 9.39. The summed E-state index contributed by atoms with van der Waals surface area (Å²) in [6, 6.07) is 16.6. The number of aromatic hydroxyl groups is 1. The van der Waals surface area contributed by atoms with E-state index in [1.165, 1.54) is 35.6 Å². The van der Waals surface area contributed by atoms with Crippen molar-refractivity contribution in [2.75, 3.05) is 5.32 Å². The van der Waals surface area contributed by atoms with Crippen LogP contribution in [0, 0.1) is 17.0 Å². The van der Waals surface area contributed by atoms with Gasteiger partial charge in [-0.2, -0.15) is 0 Å². The molecule has 1 heterocycles. The highest BCUT2D eigenvalue weighted by atomic mass is 32.1. The highest BCUT2D eigenvalue weighted by molar-refractivity contribution is 7.80. The van der Waals surface area contributed by atoms with Crippen molar-refractivity contribution in [3.05, 3.63) is 81.9 Å². The lowest BCUT2D eigenvalue weighted by Gasteiger charge is -2.13. The smallest absolute Gasteiger partial charge is 0.282 e. The molecule has 4 aromatic rings. The zero-order valence-electron chi connectivity index (χ0n) is 16.7. The van der Waals surface area contributed by atoms with Crippen LogP contribution in [0.2, 0.25) is 0 Å². The number of fused-ring (bicyclic) bond motifs is 1. The largest absolute Gasteiger partial charge is 0.507 e. The van der Waals surface area contributed by atoms with Crippen molar-refractivity contribution >= 4 is 56.2 Å². The molecule has 0 bridgehead atoms.